The number of rotatable bonds is 6. The summed E-state index contributed by atoms with van der Waals surface area (Å²) in [5, 5.41) is -0.123. The number of ether oxygens (including phenoxy) is 1. The van der Waals surface area contributed by atoms with E-state index in [1.54, 1.807) is 24.3 Å². The van der Waals surface area contributed by atoms with Crippen LogP contribution >= 0.6 is 11.6 Å². The second-order valence-corrected chi connectivity index (χ2v) is 7.76. The highest BCUT2D eigenvalue weighted by molar-refractivity contribution is 7.80. The van der Waals surface area contributed by atoms with E-state index in [4.69, 9.17) is 16.3 Å². The minimum Gasteiger partial charge on any atom is -0.467 e. The maximum atomic E-state index is 12.8. The van der Waals surface area contributed by atoms with Crippen molar-refractivity contribution in [1.82, 2.24) is 15.0 Å². The fourth-order valence-electron chi connectivity index (χ4n) is 3.36. The number of alkyl halides is 1. The van der Waals surface area contributed by atoms with Crippen molar-refractivity contribution >= 4 is 56.5 Å². The molecule has 0 radical (unpaired) electrons. The van der Waals surface area contributed by atoms with E-state index in [0.29, 0.717) is 16.7 Å². The lowest BCUT2D eigenvalue weighted by Gasteiger charge is -2.30. The highest BCUT2D eigenvalue weighted by Crippen LogP contribution is 2.35. The van der Waals surface area contributed by atoms with E-state index < -0.39 is 28.7 Å². The highest BCUT2D eigenvalue weighted by Gasteiger charge is 2.39. The second-order valence-electron chi connectivity index (χ2n) is 6.44. The minimum atomic E-state index is -2.61. The Morgan fingerprint density at radius 1 is 1.20 bits per heavy atom. The van der Waals surface area contributed by atoms with E-state index in [1.165, 1.54) is 19.5 Å². The normalized spacial score (nSPS) is 14.4. The number of benzene rings is 2. The number of H-pyrrole nitrogens is 1. The topological polar surface area (TPSA) is 108 Å². The van der Waals surface area contributed by atoms with Gasteiger partial charge >= 0.3 is 5.97 Å². The Balaban J connectivity index is 1.86. The number of carbonyl (C=O) groups excluding carboxylic acids is 1. The van der Waals surface area contributed by atoms with Crippen LogP contribution in [-0.2, 0) is 20.8 Å². The van der Waals surface area contributed by atoms with Gasteiger partial charge in [0.2, 0.25) is 0 Å². The van der Waals surface area contributed by atoms with Crippen LogP contribution in [-0.4, -0.2) is 42.8 Å². The van der Waals surface area contributed by atoms with E-state index in [0.717, 1.165) is 15.2 Å². The van der Waals surface area contributed by atoms with Crippen LogP contribution in [0.4, 0.5) is 5.69 Å². The molecule has 0 amide bonds. The first-order valence-corrected chi connectivity index (χ1v) is 10.4. The third-order valence-corrected chi connectivity index (χ3v) is 5.94. The predicted octanol–water partition coefficient (Wildman–Crippen LogP) is 3.58. The summed E-state index contributed by atoms with van der Waals surface area (Å²) in [7, 11) is 1.20. The molecule has 2 N–H and O–H groups in total. The molecule has 2 aromatic carbocycles. The van der Waals surface area contributed by atoms with Crippen LogP contribution in [0.15, 0.2) is 60.9 Å². The second kappa shape index (κ2) is 8.39. The van der Waals surface area contributed by atoms with Crippen molar-refractivity contribution < 1.29 is 18.3 Å². The monoisotopic (exact) mass is 444 g/mol. The van der Waals surface area contributed by atoms with E-state index in [-0.39, 0.29) is 5.69 Å². The predicted molar refractivity (Wildman–Crippen MR) is 115 cm³/mol. The summed E-state index contributed by atoms with van der Waals surface area (Å²) in [6.07, 6.45) is 2.98. The third-order valence-electron chi connectivity index (χ3n) is 4.70. The molecule has 3 unspecified atom stereocenters. The number of carbonyl (C=O) groups is 1. The Labute approximate surface area is 179 Å². The molecule has 30 heavy (non-hydrogen) atoms. The molecule has 0 aliphatic heterocycles. The van der Waals surface area contributed by atoms with Crippen molar-refractivity contribution in [1.29, 1.82) is 0 Å². The molecule has 4 aromatic rings. The summed E-state index contributed by atoms with van der Waals surface area (Å²) >= 11 is 4.09. The average Bonchev–Trinajstić information content (AvgIpc) is 3.20. The number of nitrogens with one attached hydrogen (secondary N) is 1. The van der Waals surface area contributed by atoms with Crippen LogP contribution in [0.25, 0.3) is 21.9 Å². The summed E-state index contributed by atoms with van der Waals surface area (Å²) in [6, 6.07) is 13.0. The molecule has 10 heteroatoms. The number of aromatic nitrogens is 3. The Morgan fingerprint density at radius 2 is 1.97 bits per heavy atom. The van der Waals surface area contributed by atoms with Gasteiger partial charge in [0, 0.05) is 23.6 Å². The van der Waals surface area contributed by atoms with Gasteiger partial charge in [-0.15, -0.1) is 11.6 Å². The standard InChI is InChI=1S/C20H17ClN4O4S/c1-29-20(26)19(17(21)15-11-12-5-2-3-6-13(12)24-15)25(30(27)28)16-8-4-7-14-18(16)23-10-9-22-14/h2-11,17,19,24H,1H3,(H,27,28). The summed E-state index contributed by atoms with van der Waals surface area (Å²) in [5.74, 6) is -0.767. The lowest BCUT2D eigenvalue weighted by atomic mass is 10.1. The molecule has 2 aromatic heterocycles. The number of esters is 1. The molecule has 0 spiro atoms. The van der Waals surface area contributed by atoms with Crippen molar-refractivity contribution in [2.24, 2.45) is 0 Å². The van der Waals surface area contributed by atoms with Crippen LogP contribution in [0.5, 0.6) is 0 Å². The Hall–Kier alpha value is -3.01. The SMILES string of the molecule is COC(=O)C(C(Cl)c1cc2ccccc2[nH]1)N(c1cccc2nccnc12)S(=O)O. The zero-order valence-corrected chi connectivity index (χ0v) is 17.3. The zero-order chi connectivity index (χ0) is 21.3. The molecule has 154 valence electrons. The first-order valence-electron chi connectivity index (χ1n) is 8.90. The number of methoxy groups -OCH3 is 1. The van der Waals surface area contributed by atoms with Crippen LogP contribution in [0.3, 0.4) is 0 Å². The number of para-hydroxylation sites is 2. The van der Waals surface area contributed by atoms with Gasteiger partial charge in [-0.1, -0.05) is 24.3 Å². The van der Waals surface area contributed by atoms with Gasteiger partial charge in [-0.3, -0.25) is 18.8 Å². The molecule has 0 saturated carbocycles. The fourth-order valence-corrected chi connectivity index (χ4v) is 4.47. The summed E-state index contributed by atoms with van der Waals surface area (Å²) in [6.45, 7) is 0. The van der Waals surface area contributed by atoms with Crippen molar-refractivity contribution in [2.75, 3.05) is 11.4 Å². The maximum absolute atomic E-state index is 12.8. The van der Waals surface area contributed by atoms with Gasteiger partial charge in [0.1, 0.15) is 10.9 Å². The number of halogens is 1. The Bertz CT molecular complexity index is 1210. The quantitative estimate of drug-likeness (QED) is 0.267. The Morgan fingerprint density at radius 3 is 2.70 bits per heavy atom. The highest BCUT2D eigenvalue weighted by atomic mass is 35.5. The molecule has 0 aliphatic carbocycles. The smallest absolute Gasteiger partial charge is 0.331 e. The fraction of sp³-hybridized carbons (Fsp3) is 0.150. The first-order chi connectivity index (χ1) is 14.5. The average molecular weight is 445 g/mol. The van der Waals surface area contributed by atoms with Crippen LogP contribution in [0.2, 0.25) is 0 Å². The number of aromatic amines is 1. The van der Waals surface area contributed by atoms with Crippen molar-refractivity contribution in [3.8, 4) is 0 Å². The zero-order valence-electron chi connectivity index (χ0n) is 15.7. The summed E-state index contributed by atoms with van der Waals surface area (Å²) < 4.78 is 28.5. The largest absolute Gasteiger partial charge is 0.467 e. The van der Waals surface area contributed by atoms with Gasteiger partial charge in [-0.25, -0.2) is 9.00 Å². The molecule has 0 bridgehead atoms. The third kappa shape index (κ3) is 3.62. The lowest BCUT2D eigenvalue weighted by molar-refractivity contribution is -0.142. The van der Waals surface area contributed by atoms with Gasteiger partial charge in [-0.2, -0.15) is 0 Å². The minimum absolute atomic E-state index is 0.235. The van der Waals surface area contributed by atoms with Crippen molar-refractivity contribution in [3.63, 3.8) is 0 Å². The molecule has 0 aliphatic rings. The maximum Gasteiger partial charge on any atom is 0.331 e. The van der Waals surface area contributed by atoms with E-state index in [1.807, 2.05) is 24.3 Å². The van der Waals surface area contributed by atoms with Gasteiger partial charge in [0.25, 0.3) is 11.3 Å². The van der Waals surface area contributed by atoms with E-state index in [2.05, 4.69) is 15.0 Å². The molecule has 3 atom stereocenters. The molecule has 8 nitrogen and oxygen atoms in total. The van der Waals surface area contributed by atoms with Crippen molar-refractivity contribution in [3.05, 3.63) is 66.6 Å². The molecule has 0 fully saturated rings. The molecule has 4 rings (SSSR count). The van der Waals surface area contributed by atoms with Gasteiger partial charge in [0.05, 0.1) is 18.3 Å². The summed E-state index contributed by atoms with van der Waals surface area (Å²) in [4.78, 5) is 24.4. The Kier molecular flexibility index (Phi) is 5.67. The molecule has 2 heterocycles. The van der Waals surface area contributed by atoms with E-state index >= 15 is 0 Å². The van der Waals surface area contributed by atoms with Gasteiger partial charge in [-0.05, 0) is 29.7 Å². The molecular formula is C20H17ClN4O4S. The lowest BCUT2D eigenvalue weighted by Crippen LogP contribution is -2.46. The number of nitrogens with zero attached hydrogens (tertiary/aromatic N) is 3. The van der Waals surface area contributed by atoms with E-state index in [9.17, 15) is 13.6 Å². The van der Waals surface area contributed by atoms with Crippen LogP contribution in [0, 0.1) is 0 Å². The number of anilines is 1. The first kappa shape index (κ1) is 20.3. The van der Waals surface area contributed by atoms with Gasteiger partial charge < -0.3 is 9.72 Å². The number of hydrogen-bond donors (Lipinski definition) is 2. The van der Waals surface area contributed by atoms with Gasteiger partial charge in [0.15, 0.2) is 6.04 Å². The van der Waals surface area contributed by atoms with Crippen LogP contribution < -0.4 is 4.31 Å². The number of fused-ring (bicyclic) bond motifs is 2. The van der Waals surface area contributed by atoms with Crippen molar-refractivity contribution in [2.45, 2.75) is 11.4 Å². The molecular weight excluding hydrogens is 428 g/mol. The van der Waals surface area contributed by atoms with Crippen LogP contribution in [0.1, 0.15) is 11.1 Å². The molecule has 0 saturated heterocycles. The number of hydrogen-bond acceptors (Lipinski definition) is 5. The summed E-state index contributed by atoms with van der Waals surface area (Å²) in [5.41, 5.74) is 2.44.